The number of ether oxygens (including phenoxy) is 1. The molecule has 11 heteroatoms. The van der Waals surface area contributed by atoms with Crippen LogP contribution in [0.5, 0.6) is 5.75 Å². The number of benzene rings is 2. The maximum Gasteiger partial charge on any atom is 0.302 e. The highest BCUT2D eigenvalue weighted by molar-refractivity contribution is 7.87. The molecule has 0 aliphatic heterocycles. The minimum atomic E-state index is -4.29. The second kappa shape index (κ2) is 9.78. The van der Waals surface area contributed by atoms with Crippen molar-refractivity contribution >= 4 is 21.8 Å². The third-order valence-corrected chi connectivity index (χ3v) is 4.73. The summed E-state index contributed by atoms with van der Waals surface area (Å²) in [4.78, 5) is 4.64. The Morgan fingerprint density at radius 2 is 1.93 bits per heavy atom. The number of hydrogen-bond acceptors (Lipinski definition) is 8. The van der Waals surface area contributed by atoms with E-state index >= 15 is 0 Å². The number of guanidine groups is 1. The van der Waals surface area contributed by atoms with Crippen LogP contribution in [0.25, 0.3) is 0 Å². The van der Waals surface area contributed by atoms with E-state index in [-0.39, 0.29) is 29.6 Å². The third-order valence-electron chi connectivity index (χ3n) is 3.39. The van der Waals surface area contributed by atoms with Crippen LogP contribution in [-0.4, -0.2) is 32.5 Å². The molecule has 0 bridgehead atoms. The zero-order valence-electron chi connectivity index (χ0n) is 15.1. The van der Waals surface area contributed by atoms with Gasteiger partial charge in [-0.2, -0.15) is 8.42 Å². The van der Waals surface area contributed by atoms with Crippen molar-refractivity contribution in [1.29, 1.82) is 0 Å². The van der Waals surface area contributed by atoms with Crippen molar-refractivity contribution in [2.24, 2.45) is 16.6 Å². The van der Waals surface area contributed by atoms with E-state index in [1.807, 2.05) is 5.48 Å². The fourth-order valence-electron chi connectivity index (χ4n) is 2.17. The molecule has 28 heavy (non-hydrogen) atoms. The Hall–Kier alpha value is -3.02. The van der Waals surface area contributed by atoms with Crippen molar-refractivity contribution in [1.82, 2.24) is 0 Å². The maximum absolute atomic E-state index is 12.7. The molecule has 152 valence electrons. The van der Waals surface area contributed by atoms with E-state index in [0.29, 0.717) is 11.3 Å². The van der Waals surface area contributed by atoms with Crippen LogP contribution >= 0.6 is 0 Å². The molecule has 10 nitrogen and oxygen atoms in total. The molecule has 2 aromatic carbocycles. The zero-order valence-corrected chi connectivity index (χ0v) is 15.9. The summed E-state index contributed by atoms with van der Waals surface area (Å²) in [7, 11) is -4.29. The van der Waals surface area contributed by atoms with Gasteiger partial charge >= 0.3 is 10.1 Å². The molecule has 0 aromatic heterocycles. The van der Waals surface area contributed by atoms with E-state index in [2.05, 4.69) is 5.16 Å². The number of oxime groups is 1. The van der Waals surface area contributed by atoms with Crippen LogP contribution in [0.2, 0.25) is 0 Å². The lowest BCUT2D eigenvalue weighted by Crippen LogP contribution is -2.27. The van der Waals surface area contributed by atoms with Gasteiger partial charge in [0.15, 0.2) is 0 Å². The Bertz CT molecular complexity index is 901. The van der Waals surface area contributed by atoms with Crippen molar-refractivity contribution in [2.75, 3.05) is 12.1 Å². The van der Waals surface area contributed by atoms with Crippen LogP contribution in [0.3, 0.4) is 0 Å². The van der Waals surface area contributed by atoms with E-state index in [4.69, 9.17) is 25.2 Å². The fraction of sp³-hybridized carbons (Fsp3) is 0.235. The SMILES string of the molecule is Cc1ccc(NO)c(S(=O)(=O)OC(CCON=C(N)N)Oc2ccccc2)c1. The summed E-state index contributed by atoms with van der Waals surface area (Å²) in [5.41, 5.74) is 12.8. The molecule has 1 atom stereocenters. The number of aryl methyl sites for hydroxylation is 1. The van der Waals surface area contributed by atoms with E-state index in [0.717, 1.165) is 0 Å². The van der Waals surface area contributed by atoms with Crippen LogP contribution in [0.15, 0.2) is 58.6 Å². The van der Waals surface area contributed by atoms with Gasteiger partial charge in [-0.3, -0.25) is 10.7 Å². The largest absolute Gasteiger partial charge is 0.464 e. The van der Waals surface area contributed by atoms with E-state index in [1.54, 1.807) is 43.3 Å². The van der Waals surface area contributed by atoms with Gasteiger partial charge in [0.1, 0.15) is 17.3 Å². The summed E-state index contributed by atoms with van der Waals surface area (Å²) in [6.45, 7) is 1.64. The molecule has 0 amide bonds. The number of para-hydroxylation sites is 1. The van der Waals surface area contributed by atoms with Gasteiger partial charge in [-0.25, -0.2) is 4.18 Å². The molecule has 0 spiro atoms. The summed E-state index contributed by atoms with van der Waals surface area (Å²) in [5, 5.41) is 12.6. The standard InChI is InChI=1S/C17H22N4O6S/c1-12-7-8-14(20-22)15(11-12)28(23,24)27-16(9-10-25-21-17(18)19)26-13-5-3-2-4-6-13/h2-8,11,16,20,22H,9-10H2,1H3,(H4,18,19,21). The number of rotatable bonds is 10. The smallest absolute Gasteiger partial charge is 0.302 e. The van der Waals surface area contributed by atoms with Crippen molar-refractivity contribution in [3.63, 3.8) is 0 Å². The predicted molar refractivity (Wildman–Crippen MR) is 102 cm³/mol. The molecule has 0 saturated heterocycles. The van der Waals surface area contributed by atoms with Gasteiger partial charge < -0.3 is 21.0 Å². The minimum Gasteiger partial charge on any atom is -0.464 e. The van der Waals surface area contributed by atoms with Gasteiger partial charge in [-0.15, -0.1) is 0 Å². The van der Waals surface area contributed by atoms with Crippen molar-refractivity contribution in [2.45, 2.75) is 24.5 Å². The molecule has 0 fully saturated rings. The van der Waals surface area contributed by atoms with Crippen LogP contribution < -0.4 is 21.7 Å². The first-order chi connectivity index (χ1) is 13.3. The molecule has 0 aliphatic rings. The predicted octanol–water partition coefficient (Wildman–Crippen LogP) is 1.50. The minimum absolute atomic E-state index is 0.00138. The normalized spacial score (nSPS) is 12.1. The second-order valence-electron chi connectivity index (χ2n) is 5.66. The quantitative estimate of drug-likeness (QED) is 0.114. The van der Waals surface area contributed by atoms with Gasteiger partial charge in [-0.05, 0) is 41.9 Å². The highest BCUT2D eigenvalue weighted by Crippen LogP contribution is 2.26. The lowest BCUT2D eigenvalue weighted by atomic mass is 10.2. The summed E-state index contributed by atoms with van der Waals surface area (Å²) in [6, 6.07) is 13.0. The first-order valence-electron chi connectivity index (χ1n) is 8.18. The molecule has 0 heterocycles. The molecule has 2 rings (SSSR count). The van der Waals surface area contributed by atoms with Crippen molar-refractivity contribution < 1.29 is 27.4 Å². The number of anilines is 1. The van der Waals surface area contributed by atoms with Crippen molar-refractivity contribution in [3.8, 4) is 5.75 Å². The van der Waals surface area contributed by atoms with Gasteiger partial charge in [0.05, 0.1) is 5.69 Å². The number of nitrogens with zero attached hydrogens (tertiary/aromatic N) is 1. The second-order valence-corrected chi connectivity index (χ2v) is 7.20. The lowest BCUT2D eigenvalue weighted by molar-refractivity contribution is -0.0171. The Morgan fingerprint density at radius 1 is 1.21 bits per heavy atom. The monoisotopic (exact) mass is 410 g/mol. The first kappa shape index (κ1) is 21.3. The van der Waals surface area contributed by atoms with Crippen LogP contribution in [0, 0.1) is 6.92 Å². The Morgan fingerprint density at radius 3 is 2.57 bits per heavy atom. The highest BCUT2D eigenvalue weighted by atomic mass is 32.2. The number of nitrogens with two attached hydrogens (primary N) is 2. The summed E-state index contributed by atoms with van der Waals surface area (Å²) < 4.78 is 36.3. The molecule has 1 unspecified atom stereocenters. The summed E-state index contributed by atoms with van der Waals surface area (Å²) in [6.07, 6.45) is -1.23. The van der Waals surface area contributed by atoms with Gasteiger partial charge in [0.25, 0.3) is 0 Å². The number of nitrogens with one attached hydrogen (secondary N) is 1. The van der Waals surface area contributed by atoms with Crippen molar-refractivity contribution in [3.05, 3.63) is 54.1 Å². The molecule has 0 saturated carbocycles. The highest BCUT2D eigenvalue weighted by Gasteiger charge is 2.26. The fourth-order valence-corrected chi connectivity index (χ4v) is 3.40. The molecule has 2 aromatic rings. The van der Waals surface area contributed by atoms with E-state index in [1.165, 1.54) is 12.1 Å². The molecule has 0 aliphatic carbocycles. The summed E-state index contributed by atoms with van der Waals surface area (Å²) >= 11 is 0. The van der Waals surface area contributed by atoms with Gasteiger partial charge in [0, 0.05) is 6.42 Å². The van der Waals surface area contributed by atoms with Gasteiger partial charge in [-0.1, -0.05) is 24.3 Å². The molecule has 6 N–H and O–H groups in total. The topological polar surface area (TPSA) is 158 Å². The van der Waals surface area contributed by atoms with Crippen LogP contribution in [0.1, 0.15) is 12.0 Å². The lowest BCUT2D eigenvalue weighted by Gasteiger charge is -2.19. The average molecular weight is 410 g/mol. The van der Waals surface area contributed by atoms with E-state index in [9.17, 15) is 13.6 Å². The Kier molecular flexibility index (Phi) is 7.44. The number of hydrogen-bond donors (Lipinski definition) is 4. The van der Waals surface area contributed by atoms with Crippen LogP contribution in [-0.2, 0) is 19.1 Å². The first-order valence-corrected chi connectivity index (χ1v) is 9.59. The maximum atomic E-state index is 12.7. The van der Waals surface area contributed by atoms with E-state index < -0.39 is 16.4 Å². The Balaban J connectivity index is 2.22. The molecular formula is C17H22N4O6S. The van der Waals surface area contributed by atoms with Gasteiger partial charge in [0.2, 0.25) is 12.2 Å². The zero-order chi connectivity index (χ0) is 20.6. The molecular weight excluding hydrogens is 388 g/mol. The molecule has 0 radical (unpaired) electrons. The third kappa shape index (κ3) is 6.30. The summed E-state index contributed by atoms with van der Waals surface area (Å²) in [5.74, 6) is 0.127. The average Bonchev–Trinajstić information content (AvgIpc) is 2.65. The Labute approximate surface area is 162 Å². The van der Waals surface area contributed by atoms with Crippen LogP contribution in [0.4, 0.5) is 5.69 Å².